The number of hydrogen-bond donors (Lipinski definition) is 2. The first kappa shape index (κ1) is 19.3. The Hall–Kier alpha value is -2.43. The maximum Gasteiger partial charge on any atom is 0.119 e. The summed E-state index contributed by atoms with van der Waals surface area (Å²) in [6.45, 7) is 3.38. The lowest BCUT2D eigenvalue weighted by atomic mass is 10.1. The van der Waals surface area contributed by atoms with E-state index in [2.05, 4.69) is 35.4 Å². The quantitative estimate of drug-likeness (QED) is 0.562. The van der Waals surface area contributed by atoms with Crippen LogP contribution in [0.1, 0.15) is 31.7 Å². The molecule has 2 atom stereocenters. The van der Waals surface area contributed by atoms with Crippen molar-refractivity contribution >= 4 is 10.8 Å². The van der Waals surface area contributed by atoms with Gasteiger partial charge in [-0.15, -0.1) is 0 Å². The molecule has 0 aliphatic carbocycles. The lowest BCUT2D eigenvalue weighted by Crippen LogP contribution is -2.26. The van der Waals surface area contributed by atoms with E-state index in [0.717, 1.165) is 31.6 Å². The van der Waals surface area contributed by atoms with Gasteiger partial charge < -0.3 is 15.2 Å². The minimum atomic E-state index is -0.425. The van der Waals surface area contributed by atoms with Crippen LogP contribution in [0.4, 0.5) is 0 Å². The highest BCUT2D eigenvalue weighted by atomic mass is 16.5. The third kappa shape index (κ3) is 6.35. The van der Waals surface area contributed by atoms with Gasteiger partial charge in [0.05, 0.1) is 6.10 Å². The number of nitrogens with zero attached hydrogens (tertiary/aromatic N) is 1. The van der Waals surface area contributed by atoms with Gasteiger partial charge in [-0.1, -0.05) is 30.3 Å². The summed E-state index contributed by atoms with van der Waals surface area (Å²) < 4.78 is 5.60. The van der Waals surface area contributed by atoms with Gasteiger partial charge in [0, 0.05) is 30.4 Å². The van der Waals surface area contributed by atoms with E-state index in [9.17, 15) is 5.11 Å². The summed E-state index contributed by atoms with van der Waals surface area (Å²) in [5, 5.41) is 16.0. The molecular formula is C23H28N2O2. The minimum Gasteiger partial charge on any atom is -0.491 e. The molecule has 0 amide bonds. The Morgan fingerprint density at radius 1 is 1.04 bits per heavy atom. The van der Waals surface area contributed by atoms with Crippen molar-refractivity contribution in [2.75, 3.05) is 6.61 Å². The van der Waals surface area contributed by atoms with Crippen molar-refractivity contribution in [1.29, 1.82) is 0 Å². The van der Waals surface area contributed by atoms with Gasteiger partial charge in [-0.2, -0.15) is 0 Å². The minimum absolute atomic E-state index is 0.345. The molecular weight excluding hydrogens is 336 g/mol. The first-order valence-corrected chi connectivity index (χ1v) is 9.62. The number of fused-ring (bicyclic) bond motifs is 1. The zero-order valence-corrected chi connectivity index (χ0v) is 15.8. The number of para-hydroxylation sites is 1. The smallest absolute Gasteiger partial charge is 0.119 e. The Morgan fingerprint density at radius 2 is 1.89 bits per heavy atom. The molecule has 3 aromatic rings. The fraction of sp³-hybridized carbons (Fsp3) is 0.348. The van der Waals surface area contributed by atoms with E-state index in [-0.39, 0.29) is 0 Å². The maximum absolute atomic E-state index is 10.1. The van der Waals surface area contributed by atoms with Gasteiger partial charge in [0.15, 0.2) is 0 Å². The second-order valence-corrected chi connectivity index (χ2v) is 7.05. The van der Waals surface area contributed by atoms with Crippen molar-refractivity contribution in [3.8, 4) is 5.75 Å². The van der Waals surface area contributed by atoms with Crippen LogP contribution in [-0.2, 0) is 6.54 Å². The lowest BCUT2D eigenvalue weighted by molar-refractivity contribution is 0.0970. The average Bonchev–Trinajstić information content (AvgIpc) is 2.71. The van der Waals surface area contributed by atoms with Gasteiger partial charge in [0.1, 0.15) is 12.4 Å². The Kier molecular flexibility index (Phi) is 7.19. The molecule has 2 aromatic carbocycles. The van der Waals surface area contributed by atoms with E-state index in [1.54, 1.807) is 0 Å². The van der Waals surface area contributed by atoms with Crippen molar-refractivity contribution < 1.29 is 9.84 Å². The summed E-state index contributed by atoms with van der Waals surface area (Å²) in [4.78, 5) is 4.15. The molecule has 142 valence electrons. The van der Waals surface area contributed by atoms with Gasteiger partial charge in [0.25, 0.3) is 0 Å². The predicted molar refractivity (Wildman–Crippen MR) is 110 cm³/mol. The number of rotatable bonds is 10. The van der Waals surface area contributed by atoms with E-state index in [1.807, 2.05) is 48.8 Å². The largest absolute Gasteiger partial charge is 0.491 e. The highest BCUT2D eigenvalue weighted by Crippen LogP contribution is 2.15. The Bertz CT molecular complexity index is 823. The number of pyridine rings is 1. The standard InChI is InChI=1S/C23H28N2O2/c1-18(6-5-7-22(26)17-27-23-8-3-2-4-9-23)25-15-19-10-11-21-16-24-13-12-20(21)14-19/h2-4,8-14,16,18,22,25-26H,5-7,15,17H2,1H3/t18-,22?/m1/s1. The molecule has 0 spiro atoms. The molecule has 0 saturated carbocycles. The molecule has 0 saturated heterocycles. The second-order valence-electron chi connectivity index (χ2n) is 7.05. The first-order valence-electron chi connectivity index (χ1n) is 9.62. The SMILES string of the molecule is C[C@H](CCCC(O)COc1ccccc1)NCc1ccc2cnccc2c1. The van der Waals surface area contributed by atoms with Crippen LogP contribution < -0.4 is 10.1 Å². The van der Waals surface area contributed by atoms with Crippen LogP contribution in [0.3, 0.4) is 0 Å². The fourth-order valence-corrected chi connectivity index (χ4v) is 3.09. The molecule has 0 fully saturated rings. The highest BCUT2D eigenvalue weighted by molar-refractivity contribution is 5.81. The second kappa shape index (κ2) is 10.0. The van der Waals surface area contributed by atoms with Crippen LogP contribution in [0, 0.1) is 0 Å². The van der Waals surface area contributed by atoms with Crippen LogP contribution in [-0.4, -0.2) is 28.8 Å². The molecule has 1 unspecified atom stereocenters. The number of aliphatic hydroxyl groups is 1. The highest BCUT2D eigenvalue weighted by Gasteiger charge is 2.08. The number of hydrogen-bond acceptors (Lipinski definition) is 4. The van der Waals surface area contributed by atoms with Crippen molar-refractivity contribution in [2.45, 2.75) is 44.9 Å². The molecule has 1 heterocycles. The summed E-state index contributed by atoms with van der Waals surface area (Å²) in [5.41, 5.74) is 1.27. The van der Waals surface area contributed by atoms with Crippen LogP contribution in [0.5, 0.6) is 5.75 Å². The normalized spacial score (nSPS) is 13.4. The monoisotopic (exact) mass is 364 g/mol. The summed E-state index contributed by atoms with van der Waals surface area (Å²) >= 11 is 0. The molecule has 1 aromatic heterocycles. The van der Waals surface area contributed by atoms with E-state index in [0.29, 0.717) is 12.6 Å². The molecule has 4 heteroatoms. The van der Waals surface area contributed by atoms with Crippen LogP contribution >= 0.6 is 0 Å². The van der Waals surface area contributed by atoms with Crippen LogP contribution in [0.2, 0.25) is 0 Å². The fourth-order valence-electron chi connectivity index (χ4n) is 3.09. The van der Waals surface area contributed by atoms with Gasteiger partial charge in [-0.3, -0.25) is 4.98 Å². The van der Waals surface area contributed by atoms with Crippen LogP contribution in [0.15, 0.2) is 67.0 Å². The Morgan fingerprint density at radius 3 is 2.74 bits per heavy atom. The Balaban J connectivity index is 1.33. The third-order valence-electron chi connectivity index (χ3n) is 4.72. The van der Waals surface area contributed by atoms with Crippen LogP contribution in [0.25, 0.3) is 10.8 Å². The topological polar surface area (TPSA) is 54.4 Å². The number of ether oxygens (including phenoxy) is 1. The first-order chi connectivity index (χ1) is 13.2. The van der Waals surface area contributed by atoms with E-state index in [1.165, 1.54) is 16.3 Å². The van der Waals surface area contributed by atoms with Gasteiger partial charge in [0.2, 0.25) is 0 Å². The molecule has 3 rings (SSSR count). The van der Waals surface area contributed by atoms with Crippen molar-refractivity contribution in [3.63, 3.8) is 0 Å². The van der Waals surface area contributed by atoms with E-state index >= 15 is 0 Å². The molecule has 27 heavy (non-hydrogen) atoms. The molecule has 4 nitrogen and oxygen atoms in total. The number of aromatic nitrogens is 1. The van der Waals surface area contributed by atoms with Crippen molar-refractivity contribution in [1.82, 2.24) is 10.3 Å². The molecule has 2 N–H and O–H groups in total. The number of aliphatic hydroxyl groups excluding tert-OH is 1. The molecule has 0 bridgehead atoms. The lowest BCUT2D eigenvalue weighted by Gasteiger charge is -2.16. The number of benzene rings is 2. The zero-order valence-electron chi connectivity index (χ0n) is 15.8. The van der Waals surface area contributed by atoms with E-state index < -0.39 is 6.10 Å². The van der Waals surface area contributed by atoms with Gasteiger partial charge in [-0.05, 0) is 61.4 Å². The van der Waals surface area contributed by atoms with E-state index in [4.69, 9.17) is 4.74 Å². The van der Waals surface area contributed by atoms with Crippen molar-refractivity contribution in [2.24, 2.45) is 0 Å². The summed E-state index contributed by atoms with van der Waals surface area (Å²) in [6.07, 6.45) is 6.04. The molecule has 0 aliphatic rings. The molecule has 0 aliphatic heterocycles. The number of nitrogens with one attached hydrogen (secondary N) is 1. The maximum atomic E-state index is 10.1. The third-order valence-corrected chi connectivity index (χ3v) is 4.72. The van der Waals surface area contributed by atoms with Gasteiger partial charge >= 0.3 is 0 Å². The summed E-state index contributed by atoms with van der Waals surface area (Å²) in [6, 6.07) is 18.5. The predicted octanol–water partition coefficient (Wildman–Crippen LogP) is 4.32. The summed E-state index contributed by atoms with van der Waals surface area (Å²) in [5.74, 6) is 0.803. The summed E-state index contributed by atoms with van der Waals surface area (Å²) in [7, 11) is 0. The zero-order chi connectivity index (χ0) is 18.9. The molecule has 0 radical (unpaired) electrons. The Labute approximate surface area is 161 Å². The van der Waals surface area contributed by atoms with Crippen molar-refractivity contribution in [3.05, 3.63) is 72.6 Å². The van der Waals surface area contributed by atoms with Gasteiger partial charge in [-0.25, -0.2) is 0 Å². The average molecular weight is 364 g/mol.